The molecule has 1 amide bonds. The van der Waals surface area contributed by atoms with Crippen LogP contribution in [-0.4, -0.2) is 40.0 Å². The number of hydrogen-bond acceptors (Lipinski definition) is 3. The van der Waals surface area contributed by atoms with Crippen LogP contribution in [0.1, 0.15) is 29.8 Å². The van der Waals surface area contributed by atoms with Crippen LogP contribution in [0.5, 0.6) is 0 Å². The van der Waals surface area contributed by atoms with Crippen molar-refractivity contribution in [2.24, 2.45) is 5.92 Å². The number of aromatic nitrogens is 2. The summed E-state index contributed by atoms with van der Waals surface area (Å²) in [6.07, 6.45) is 2.82. The molecule has 3 aromatic carbocycles. The van der Waals surface area contributed by atoms with E-state index in [2.05, 4.69) is 57.2 Å². The third-order valence-corrected chi connectivity index (χ3v) is 7.04. The molecular weight excluding hydrogens is 456 g/mol. The van der Waals surface area contributed by atoms with E-state index in [4.69, 9.17) is 16.6 Å². The van der Waals surface area contributed by atoms with E-state index in [1.165, 1.54) is 11.1 Å². The van der Waals surface area contributed by atoms with E-state index in [9.17, 15) is 4.79 Å². The summed E-state index contributed by atoms with van der Waals surface area (Å²) in [4.78, 5) is 20.2. The normalized spacial score (nSPS) is 16.4. The molecule has 0 aliphatic carbocycles. The highest BCUT2D eigenvalue weighted by Crippen LogP contribution is 2.23. The molecule has 1 atom stereocenters. The maximum absolute atomic E-state index is 12.9. The summed E-state index contributed by atoms with van der Waals surface area (Å²) in [7, 11) is 0. The van der Waals surface area contributed by atoms with Gasteiger partial charge in [0.1, 0.15) is 5.82 Å². The number of benzene rings is 3. The van der Waals surface area contributed by atoms with Crippen LogP contribution >= 0.6 is 11.6 Å². The number of imidazole rings is 1. The van der Waals surface area contributed by atoms with Crippen molar-refractivity contribution in [1.29, 1.82) is 0 Å². The number of nitrogens with one attached hydrogen (secondary N) is 1. The third-order valence-electron chi connectivity index (χ3n) is 6.78. The van der Waals surface area contributed by atoms with Crippen molar-refractivity contribution in [1.82, 2.24) is 19.8 Å². The van der Waals surface area contributed by atoms with Crippen molar-refractivity contribution in [2.45, 2.75) is 32.4 Å². The predicted molar refractivity (Wildman–Crippen MR) is 141 cm³/mol. The van der Waals surface area contributed by atoms with Crippen molar-refractivity contribution in [3.05, 3.63) is 101 Å². The number of hydrogen-bond donors (Lipinski definition) is 1. The summed E-state index contributed by atoms with van der Waals surface area (Å²) in [6, 6.07) is 26.6. The number of halogens is 1. The average molecular weight is 487 g/mol. The molecule has 1 N–H and O–H groups in total. The second kappa shape index (κ2) is 11.1. The first-order chi connectivity index (χ1) is 17.2. The molecule has 180 valence electrons. The first-order valence-corrected chi connectivity index (χ1v) is 12.8. The van der Waals surface area contributed by atoms with Gasteiger partial charge in [-0.25, -0.2) is 4.98 Å². The lowest BCUT2D eigenvalue weighted by atomic mass is 9.97. The number of amides is 1. The molecule has 1 aliphatic rings. The number of likely N-dealkylation sites (tertiary alicyclic amines) is 1. The molecule has 1 saturated heterocycles. The summed E-state index contributed by atoms with van der Waals surface area (Å²) >= 11 is 6.09. The highest BCUT2D eigenvalue weighted by atomic mass is 35.5. The molecule has 0 radical (unpaired) electrons. The lowest BCUT2D eigenvalue weighted by Crippen LogP contribution is -2.43. The summed E-state index contributed by atoms with van der Waals surface area (Å²) in [5, 5.41) is 3.90. The summed E-state index contributed by atoms with van der Waals surface area (Å²) in [6.45, 7) is 3.90. The van der Waals surface area contributed by atoms with Gasteiger partial charge in [-0.1, -0.05) is 66.2 Å². The Labute approximate surface area is 211 Å². The Hall–Kier alpha value is -3.15. The second-order valence-electron chi connectivity index (χ2n) is 9.33. The van der Waals surface area contributed by atoms with Crippen LogP contribution in [0, 0.1) is 5.92 Å². The van der Waals surface area contributed by atoms with Gasteiger partial charge < -0.3 is 9.88 Å². The number of nitrogens with zero attached hydrogens (tertiary/aromatic N) is 3. The molecule has 0 saturated carbocycles. The lowest BCUT2D eigenvalue weighted by molar-refractivity contribution is -0.126. The van der Waals surface area contributed by atoms with Crippen LogP contribution in [0.25, 0.3) is 11.0 Å². The summed E-state index contributed by atoms with van der Waals surface area (Å²) < 4.78 is 2.29. The zero-order valence-electron chi connectivity index (χ0n) is 19.9. The van der Waals surface area contributed by atoms with Gasteiger partial charge >= 0.3 is 0 Å². The summed E-state index contributed by atoms with van der Waals surface area (Å²) in [5.74, 6) is 1.22. The predicted octanol–water partition coefficient (Wildman–Crippen LogP) is 5.31. The highest BCUT2D eigenvalue weighted by molar-refractivity contribution is 6.30. The van der Waals surface area contributed by atoms with Gasteiger partial charge in [0.25, 0.3) is 0 Å². The van der Waals surface area contributed by atoms with Gasteiger partial charge in [0.2, 0.25) is 5.91 Å². The molecular formula is C29H31ClN4O. The molecule has 4 aromatic rings. The van der Waals surface area contributed by atoms with Crippen molar-refractivity contribution in [3.63, 3.8) is 0 Å². The topological polar surface area (TPSA) is 50.2 Å². The standard InChI is InChI=1S/C29H31ClN4O/c30-25-14-12-23(13-15-25)19-34-27-11-5-4-10-26(27)32-28(34)21-33-18-6-9-24(20-33)29(35)31-17-16-22-7-2-1-3-8-22/h1-5,7-8,10-15,24H,6,9,16-21H2,(H,31,35)/t24-/m0/s1. The van der Waals surface area contributed by atoms with Gasteiger partial charge in [-0.3, -0.25) is 9.69 Å². The zero-order chi connectivity index (χ0) is 24.0. The first kappa shape index (κ1) is 23.6. The summed E-state index contributed by atoms with van der Waals surface area (Å²) in [5.41, 5.74) is 4.57. The van der Waals surface area contributed by atoms with E-state index in [-0.39, 0.29) is 11.8 Å². The number of carbonyl (C=O) groups is 1. The van der Waals surface area contributed by atoms with Crippen molar-refractivity contribution in [3.8, 4) is 0 Å². The minimum atomic E-state index is 0.0219. The minimum absolute atomic E-state index is 0.0219. The quantitative estimate of drug-likeness (QED) is 0.367. The Morgan fingerprint density at radius 1 is 0.943 bits per heavy atom. The number of fused-ring (bicyclic) bond motifs is 1. The smallest absolute Gasteiger partial charge is 0.224 e. The van der Waals surface area contributed by atoms with Gasteiger partial charge in [-0.2, -0.15) is 0 Å². The van der Waals surface area contributed by atoms with E-state index < -0.39 is 0 Å². The van der Waals surface area contributed by atoms with E-state index >= 15 is 0 Å². The Balaban J connectivity index is 1.25. The zero-order valence-corrected chi connectivity index (χ0v) is 20.6. The van der Waals surface area contributed by atoms with Crippen LogP contribution in [0.3, 0.4) is 0 Å². The van der Waals surface area contributed by atoms with E-state index in [1.807, 2.05) is 36.4 Å². The third kappa shape index (κ3) is 5.92. The van der Waals surface area contributed by atoms with Crippen LogP contribution < -0.4 is 5.32 Å². The SMILES string of the molecule is O=C(NCCc1ccccc1)[C@H]1CCCN(Cc2nc3ccccc3n2Cc2ccc(Cl)cc2)C1. The maximum atomic E-state index is 12.9. The van der Waals surface area contributed by atoms with Crippen LogP contribution in [0.2, 0.25) is 5.02 Å². The lowest BCUT2D eigenvalue weighted by Gasteiger charge is -2.31. The number of para-hydroxylation sites is 2. The van der Waals surface area contributed by atoms with Crippen LogP contribution in [0.15, 0.2) is 78.9 Å². The van der Waals surface area contributed by atoms with Crippen LogP contribution in [0.4, 0.5) is 0 Å². The van der Waals surface area contributed by atoms with Gasteiger partial charge in [-0.15, -0.1) is 0 Å². The molecule has 5 nitrogen and oxygen atoms in total. The molecule has 1 fully saturated rings. The Kier molecular flexibility index (Phi) is 7.45. The molecule has 5 rings (SSSR count). The van der Waals surface area contributed by atoms with Gasteiger partial charge in [-0.05, 0) is 61.2 Å². The van der Waals surface area contributed by atoms with Gasteiger partial charge in [0.05, 0.1) is 23.5 Å². The van der Waals surface area contributed by atoms with Crippen molar-refractivity contribution in [2.75, 3.05) is 19.6 Å². The fourth-order valence-corrected chi connectivity index (χ4v) is 5.05. The molecule has 2 heterocycles. The molecule has 0 unspecified atom stereocenters. The fourth-order valence-electron chi connectivity index (χ4n) is 4.93. The fraction of sp³-hybridized carbons (Fsp3) is 0.310. The Bertz CT molecular complexity index is 1270. The van der Waals surface area contributed by atoms with Gasteiger partial charge in [0, 0.05) is 24.7 Å². The molecule has 1 aromatic heterocycles. The van der Waals surface area contributed by atoms with E-state index in [0.717, 1.165) is 67.3 Å². The average Bonchev–Trinajstić information content (AvgIpc) is 3.23. The highest BCUT2D eigenvalue weighted by Gasteiger charge is 2.26. The molecule has 1 aliphatic heterocycles. The minimum Gasteiger partial charge on any atom is -0.355 e. The van der Waals surface area contributed by atoms with Crippen molar-refractivity contribution < 1.29 is 4.79 Å². The van der Waals surface area contributed by atoms with E-state index in [0.29, 0.717) is 6.54 Å². The molecule has 6 heteroatoms. The van der Waals surface area contributed by atoms with Gasteiger partial charge in [0.15, 0.2) is 0 Å². The maximum Gasteiger partial charge on any atom is 0.224 e. The van der Waals surface area contributed by atoms with Crippen molar-refractivity contribution >= 4 is 28.5 Å². The first-order valence-electron chi connectivity index (χ1n) is 12.4. The van der Waals surface area contributed by atoms with E-state index in [1.54, 1.807) is 0 Å². The Morgan fingerprint density at radius 2 is 1.71 bits per heavy atom. The second-order valence-corrected chi connectivity index (χ2v) is 9.77. The number of rotatable bonds is 8. The molecule has 35 heavy (non-hydrogen) atoms. The van der Waals surface area contributed by atoms with Crippen LogP contribution in [-0.2, 0) is 24.3 Å². The number of piperidine rings is 1. The molecule has 0 spiro atoms. The monoisotopic (exact) mass is 486 g/mol. The Morgan fingerprint density at radius 3 is 2.54 bits per heavy atom. The number of carbonyl (C=O) groups excluding carboxylic acids is 1. The largest absolute Gasteiger partial charge is 0.355 e. The molecule has 0 bridgehead atoms.